The van der Waals surface area contributed by atoms with E-state index in [-0.39, 0.29) is 5.91 Å². The lowest BCUT2D eigenvalue weighted by atomic mass is 10.3. The van der Waals surface area contributed by atoms with Crippen LogP contribution in [0.25, 0.3) is 0 Å². The number of ether oxygens (including phenoxy) is 1. The lowest BCUT2D eigenvalue weighted by Gasteiger charge is -2.15. The van der Waals surface area contributed by atoms with Crippen molar-refractivity contribution in [2.75, 3.05) is 27.2 Å². The van der Waals surface area contributed by atoms with E-state index in [0.29, 0.717) is 12.3 Å². The van der Waals surface area contributed by atoms with Crippen LogP contribution in [0.2, 0.25) is 0 Å². The summed E-state index contributed by atoms with van der Waals surface area (Å²) >= 11 is 0. The van der Waals surface area contributed by atoms with Crippen LogP contribution in [0.5, 0.6) is 5.75 Å². The number of para-hydroxylation sites is 1. The Balaban J connectivity index is 2.32. The molecule has 0 spiro atoms. The average Bonchev–Trinajstić information content (AvgIpc) is 2.29. The SMILES string of the molecule is C[C@H](Oc1ccccc1)C(=O)NCCN(C)C. The van der Waals surface area contributed by atoms with Crippen molar-refractivity contribution in [3.8, 4) is 5.75 Å². The summed E-state index contributed by atoms with van der Waals surface area (Å²) in [6, 6.07) is 9.35. The molecule has 0 radical (unpaired) electrons. The van der Waals surface area contributed by atoms with Gasteiger partial charge in [0.2, 0.25) is 0 Å². The average molecular weight is 236 g/mol. The standard InChI is InChI=1S/C13H20N2O2/c1-11(13(16)14-9-10-15(2)3)17-12-7-5-4-6-8-12/h4-8,11H,9-10H2,1-3H3,(H,14,16)/t11-/m0/s1. The van der Waals surface area contributed by atoms with Crippen LogP contribution in [-0.2, 0) is 4.79 Å². The molecule has 0 heterocycles. The van der Waals surface area contributed by atoms with Crippen molar-refractivity contribution in [1.29, 1.82) is 0 Å². The summed E-state index contributed by atoms with van der Waals surface area (Å²) < 4.78 is 5.51. The van der Waals surface area contributed by atoms with Gasteiger partial charge in [0.25, 0.3) is 5.91 Å². The third-order valence-electron chi connectivity index (χ3n) is 2.28. The smallest absolute Gasteiger partial charge is 0.260 e. The molecule has 0 aliphatic carbocycles. The molecular formula is C13H20N2O2. The highest BCUT2D eigenvalue weighted by Gasteiger charge is 2.13. The molecule has 1 aromatic rings. The van der Waals surface area contributed by atoms with Crippen molar-refractivity contribution < 1.29 is 9.53 Å². The molecule has 1 atom stereocenters. The van der Waals surface area contributed by atoms with Crippen molar-refractivity contribution in [3.05, 3.63) is 30.3 Å². The molecule has 0 aliphatic rings. The molecular weight excluding hydrogens is 216 g/mol. The molecule has 94 valence electrons. The Morgan fingerprint density at radius 3 is 2.59 bits per heavy atom. The Hall–Kier alpha value is -1.55. The fourth-order valence-electron chi connectivity index (χ4n) is 1.30. The van der Waals surface area contributed by atoms with Crippen molar-refractivity contribution in [1.82, 2.24) is 10.2 Å². The monoisotopic (exact) mass is 236 g/mol. The van der Waals surface area contributed by atoms with Crippen LogP contribution in [0.4, 0.5) is 0 Å². The maximum atomic E-state index is 11.7. The summed E-state index contributed by atoms with van der Waals surface area (Å²) in [7, 11) is 3.94. The molecule has 0 aromatic heterocycles. The first-order valence-corrected chi connectivity index (χ1v) is 5.73. The van der Waals surface area contributed by atoms with Crippen molar-refractivity contribution >= 4 is 5.91 Å². The quantitative estimate of drug-likeness (QED) is 0.805. The fourth-order valence-corrected chi connectivity index (χ4v) is 1.30. The molecule has 17 heavy (non-hydrogen) atoms. The predicted molar refractivity (Wildman–Crippen MR) is 68.1 cm³/mol. The topological polar surface area (TPSA) is 41.6 Å². The highest BCUT2D eigenvalue weighted by atomic mass is 16.5. The number of carbonyl (C=O) groups excluding carboxylic acids is 1. The van der Waals surface area contributed by atoms with E-state index in [2.05, 4.69) is 5.32 Å². The molecule has 1 rings (SSSR count). The third-order valence-corrected chi connectivity index (χ3v) is 2.28. The maximum Gasteiger partial charge on any atom is 0.260 e. The van der Waals surface area contributed by atoms with E-state index in [1.807, 2.05) is 49.3 Å². The van der Waals surface area contributed by atoms with Crippen LogP contribution in [0, 0.1) is 0 Å². The first-order valence-electron chi connectivity index (χ1n) is 5.73. The van der Waals surface area contributed by atoms with Gasteiger partial charge in [-0.05, 0) is 33.2 Å². The van der Waals surface area contributed by atoms with Crippen molar-refractivity contribution in [3.63, 3.8) is 0 Å². The molecule has 1 N–H and O–H groups in total. The van der Waals surface area contributed by atoms with Crippen LogP contribution in [0.1, 0.15) is 6.92 Å². The van der Waals surface area contributed by atoms with Gasteiger partial charge in [0.15, 0.2) is 6.10 Å². The summed E-state index contributed by atoms with van der Waals surface area (Å²) in [5.41, 5.74) is 0. The molecule has 0 saturated heterocycles. The minimum absolute atomic E-state index is 0.0873. The van der Waals surface area contributed by atoms with Gasteiger partial charge in [0, 0.05) is 13.1 Å². The van der Waals surface area contributed by atoms with Gasteiger partial charge in [-0.2, -0.15) is 0 Å². The summed E-state index contributed by atoms with van der Waals surface area (Å²) in [5.74, 6) is 0.624. The van der Waals surface area contributed by atoms with Crippen LogP contribution in [0.15, 0.2) is 30.3 Å². The van der Waals surface area contributed by atoms with Gasteiger partial charge in [-0.15, -0.1) is 0 Å². The zero-order chi connectivity index (χ0) is 12.7. The number of benzene rings is 1. The molecule has 0 aliphatic heterocycles. The van der Waals surface area contributed by atoms with Gasteiger partial charge in [0.1, 0.15) is 5.75 Å². The summed E-state index contributed by atoms with van der Waals surface area (Å²) in [4.78, 5) is 13.7. The van der Waals surface area contributed by atoms with E-state index in [4.69, 9.17) is 4.74 Å². The highest BCUT2D eigenvalue weighted by molar-refractivity contribution is 5.80. The van der Waals surface area contributed by atoms with Crippen LogP contribution in [0.3, 0.4) is 0 Å². The molecule has 4 nitrogen and oxygen atoms in total. The summed E-state index contributed by atoms with van der Waals surface area (Å²) in [6.07, 6.45) is -0.473. The Labute approximate surface area is 103 Å². The number of nitrogens with zero attached hydrogens (tertiary/aromatic N) is 1. The number of likely N-dealkylation sites (N-methyl/N-ethyl adjacent to an activating group) is 1. The lowest BCUT2D eigenvalue weighted by Crippen LogP contribution is -2.39. The van der Waals surface area contributed by atoms with E-state index in [1.165, 1.54) is 0 Å². The van der Waals surface area contributed by atoms with Crippen LogP contribution in [-0.4, -0.2) is 44.1 Å². The minimum Gasteiger partial charge on any atom is -0.481 e. The molecule has 1 amide bonds. The Morgan fingerprint density at radius 1 is 1.35 bits per heavy atom. The number of amides is 1. The van der Waals surface area contributed by atoms with Crippen LogP contribution >= 0.6 is 0 Å². The molecule has 0 fully saturated rings. The Bertz CT molecular complexity index is 339. The first kappa shape index (κ1) is 13.5. The van der Waals surface area contributed by atoms with E-state index in [0.717, 1.165) is 6.54 Å². The summed E-state index contributed by atoms with van der Waals surface area (Å²) in [6.45, 7) is 3.20. The lowest BCUT2D eigenvalue weighted by molar-refractivity contribution is -0.127. The predicted octanol–water partition coefficient (Wildman–Crippen LogP) is 1.13. The van der Waals surface area contributed by atoms with Gasteiger partial charge >= 0.3 is 0 Å². The second-order valence-corrected chi connectivity index (χ2v) is 4.17. The van der Waals surface area contributed by atoms with Gasteiger partial charge in [0.05, 0.1) is 0 Å². The van der Waals surface area contributed by atoms with Crippen molar-refractivity contribution in [2.45, 2.75) is 13.0 Å². The zero-order valence-corrected chi connectivity index (χ0v) is 10.6. The Kier molecular flexibility index (Phi) is 5.49. The van der Waals surface area contributed by atoms with E-state index < -0.39 is 6.10 Å². The number of rotatable bonds is 6. The molecule has 4 heteroatoms. The van der Waals surface area contributed by atoms with Gasteiger partial charge in [-0.1, -0.05) is 18.2 Å². The highest BCUT2D eigenvalue weighted by Crippen LogP contribution is 2.10. The number of hydrogen-bond acceptors (Lipinski definition) is 3. The minimum atomic E-state index is -0.473. The van der Waals surface area contributed by atoms with E-state index in [9.17, 15) is 4.79 Å². The van der Waals surface area contributed by atoms with Gasteiger partial charge in [-0.25, -0.2) is 0 Å². The second-order valence-electron chi connectivity index (χ2n) is 4.17. The van der Waals surface area contributed by atoms with Crippen molar-refractivity contribution in [2.24, 2.45) is 0 Å². The normalized spacial score (nSPS) is 12.2. The number of carbonyl (C=O) groups is 1. The third kappa shape index (κ3) is 5.36. The first-order chi connectivity index (χ1) is 8.09. The van der Waals surface area contributed by atoms with Crippen LogP contribution < -0.4 is 10.1 Å². The number of hydrogen-bond donors (Lipinski definition) is 1. The molecule has 0 unspecified atom stereocenters. The maximum absolute atomic E-state index is 11.7. The van der Waals surface area contributed by atoms with E-state index >= 15 is 0 Å². The Morgan fingerprint density at radius 2 is 2.00 bits per heavy atom. The van der Waals surface area contributed by atoms with E-state index in [1.54, 1.807) is 6.92 Å². The molecule has 1 aromatic carbocycles. The van der Waals surface area contributed by atoms with Gasteiger partial charge in [-0.3, -0.25) is 4.79 Å². The summed E-state index contributed by atoms with van der Waals surface area (Å²) in [5, 5.41) is 2.83. The molecule has 0 saturated carbocycles. The largest absolute Gasteiger partial charge is 0.481 e. The van der Waals surface area contributed by atoms with Gasteiger partial charge < -0.3 is 15.0 Å². The zero-order valence-electron chi connectivity index (χ0n) is 10.6. The molecule has 0 bridgehead atoms. The second kappa shape index (κ2) is 6.91. The number of nitrogens with one attached hydrogen (secondary N) is 1. The fraction of sp³-hybridized carbons (Fsp3) is 0.462.